The Morgan fingerprint density at radius 3 is 2.45 bits per heavy atom. The maximum atomic E-state index is 10.8. The topological polar surface area (TPSA) is 20.2 Å². The maximum Gasteiger partial charge on any atom is 0.0571 e. The predicted molar refractivity (Wildman–Crippen MR) is 133 cm³/mol. The summed E-state index contributed by atoms with van der Waals surface area (Å²) in [4.78, 5) is 0. The van der Waals surface area contributed by atoms with Crippen LogP contribution in [0.15, 0.2) is 11.1 Å². The highest BCUT2D eigenvalue weighted by atomic mass is 16.3. The quantitative estimate of drug-likeness (QED) is 0.403. The number of allylic oxidation sites excluding steroid dienone is 2. The molecule has 1 N–H and O–H groups in total. The highest BCUT2D eigenvalue weighted by Gasteiger charge is 2.57. The van der Waals surface area contributed by atoms with E-state index in [0.29, 0.717) is 16.7 Å². The van der Waals surface area contributed by atoms with E-state index in [1.807, 2.05) is 11.1 Å². The average Bonchev–Trinajstić information content (AvgIpc) is 3.07. The number of rotatable bonds is 7. The molecule has 3 fully saturated rings. The number of aliphatic hydroxyl groups excluding tert-OH is 1. The maximum absolute atomic E-state index is 10.8. The first-order valence-corrected chi connectivity index (χ1v) is 14.1. The van der Waals surface area contributed by atoms with Crippen molar-refractivity contribution in [2.24, 2.45) is 46.3 Å². The average molecular weight is 429 g/mol. The lowest BCUT2D eigenvalue weighted by Crippen LogP contribution is -2.52. The van der Waals surface area contributed by atoms with E-state index in [9.17, 15) is 5.11 Å². The molecule has 1 heteroatoms. The van der Waals surface area contributed by atoms with Gasteiger partial charge in [0.05, 0.1) is 6.10 Å². The summed E-state index contributed by atoms with van der Waals surface area (Å²) in [7, 11) is 0. The van der Waals surface area contributed by atoms with Gasteiger partial charge in [0.25, 0.3) is 0 Å². The summed E-state index contributed by atoms with van der Waals surface area (Å²) >= 11 is 0. The first kappa shape index (κ1) is 23.8. The Labute approximate surface area is 193 Å². The lowest BCUT2D eigenvalue weighted by molar-refractivity contribution is -0.0871. The third kappa shape index (κ3) is 4.08. The first-order valence-electron chi connectivity index (χ1n) is 14.1. The Kier molecular flexibility index (Phi) is 7.04. The van der Waals surface area contributed by atoms with Crippen LogP contribution in [0.2, 0.25) is 0 Å². The van der Waals surface area contributed by atoms with Gasteiger partial charge in [-0.15, -0.1) is 0 Å². The molecule has 178 valence electrons. The molecule has 4 aliphatic rings. The van der Waals surface area contributed by atoms with Gasteiger partial charge in [0.15, 0.2) is 0 Å². The van der Waals surface area contributed by atoms with Gasteiger partial charge >= 0.3 is 0 Å². The van der Waals surface area contributed by atoms with Crippen LogP contribution >= 0.6 is 0 Å². The van der Waals surface area contributed by atoms with Gasteiger partial charge in [-0.1, -0.05) is 78.4 Å². The number of aliphatic hydroxyl groups is 1. The van der Waals surface area contributed by atoms with Crippen molar-refractivity contribution in [2.45, 2.75) is 131 Å². The molecule has 31 heavy (non-hydrogen) atoms. The predicted octanol–water partition coefficient (Wildman–Crippen LogP) is 8.56. The van der Waals surface area contributed by atoms with E-state index in [1.165, 1.54) is 77.0 Å². The van der Waals surface area contributed by atoms with Crippen LogP contribution in [-0.2, 0) is 0 Å². The van der Waals surface area contributed by atoms with Crippen molar-refractivity contribution in [3.63, 3.8) is 0 Å². The van der Waals surface area contributed by atoms with Gasteiger partial charge in [-0.2, -0.15) is 0 Å². The van der Waals surface area contributed by atoms with Crippen molar-refractivity contribution in [1.82, 2.24) is 0 Å². The Morgan fingerprint density at radius 2 is 1.74 bits per heavy atom. The van der Waals surface area contributed by atoms with E-state index < -0.39 is 0 Å². The monoisotopic (exact) mass is 428 g/mol. The van der Waals surface area contributed by atoms with Gasteiger partial charge in [-0.05, 0) is 104 Å². The SMILES string of the molecule is CCCC1C2CCC3=C4CC[C@H]([C@H](C)CCCC(C)C)[C@@]4(C)CC[C@@H]3[C@@]2(C)CC[C@@H]1O. The van der Waals surface area contributed by atoms with Crippen LogP contribution in [0.5, 0.6) is 0 Å². The molecule has 0 aromatic rings. The lowest BCUT2D eigenvalue weighted by atomic mass is 9.46. The molecule has 8 atom stereocenters. The van der Waals surface area contributed by atoms with Crippen molar-refractivity contribution in [3.8, 4) is 0 Å². The summed E-state index contributed by atoms with van der Waals surface area (Å²) in [5.74, 6) is 4.76. The minimum atomic E-state index is -0.0383. The van der Waals surface area contributed by atoms with E-state index in [2.05, 4.69) is 41.5 Å². The van der Waals surface area contributed by atoms with E-state index in [-0.39, 0.29) is 6.10 Å². The normalized spacial score (nSPS) is 43.5. The Balaban J connectivity index is 1.55. The number of hydrogen-bond acceptors (Lipinski definition) is 1. The van der Waals surface area contributed by atoms with E-state index in [1.54, 1.807) is 0 Å². The lowest BCUT2D eigenvalue weighted by Gasteiger charge is -2.59. The number of hydrogen-bond donors (Lipinski definition) is 1. The second-order valence-electron chi connectivity index (χ2n) is 13.2. The third-order valence-electron chi connectivity index (χ3n) is 11.1. The largest absolute Gasteiger partial charge is 0.393 e. The molecule has 0 heterocycles. The summed E-state index contributed by atoms with van der Waals surface area (Å²) in [6, 6.07) is 0. The van der Waals surface area contributed by atoms with Gasteiger partial charge in [-0.3, -0.25) is 0 Å². The molecule has 0 amide bonds. The van der Waals surface area contributed by atoms with Crippen LogP contribution < -0.4 is 0 Å². The third-order valence-corrected chi connectivity index (χ3v) is 11.1. The zero-order chi connectivity index (χ0) is 22.4. The van der Waals surface area contributed by atoms with Crippen LogP contribution in [-0.4, -0.2) is 11.2 Å². The second-order valence-corrected chi connectivity index (χ2v) is 13.2. The van der Waals surface area contributed by atoms with E-state index in [0.717, 1.165) is 36.0 Å². The summed E-state index contributed by atoms with van der Waals surface area (Å²) in [5.41, 5.74) is 4.80. The molecule has 2 unspecified atom stereocenters. The fourth-order valence-corrected chi connectivity index (χ4v) is 9.46. The minimum absolute atomic E-state index is 0.0383. The van der Waals surface area contributed by atoms with Gasteiger partial charge in [0.1, 0.15) is 0 Å². The molecular weight excluding hydrogens is 376 g/mol. The van der Waals surface area contributed by atoms with Crippen molar-refractivity contribution in [3.05, 3.63) is 11.1 Å². The minimum Gasteiger partial charge on any atom is -0.393 e. The molecule has 0 spiro atoms. The summed E-state index contributed by atoms with van der Waals surface area (Å²) < 4.78 is 0. The fourth-order valence-electron chi connectivity index (χ4n) is 9.46. The van der Waals surface area contributed by atoms with Crippen LogP contribution in [0, 0.1) is 46.3 Å². The molecule has 0 radical (unpaired) electrons. The fraction of sp³-hybridized carbons (Fsp3) is 0.933. The van der Waals surface area contributed by atoms with Gasteiger partial charge in [0, 0.05) is 0 Å². The smallest absolute Gasteiger partial charge is 0.0571 e. The molecule has 0 bridgehead atoms. The standard InChI is InChI=1S/C30H52O/c1-7-9-23-26-13-12-22-25-15-14-24(21(4)11-8-10-20(2)3)29(25,5)18-16-27(22)30(26,6)19-17-28(23)31/h20-21,23-24,26-28,31H,7-19H2,1-6H3/t21-,23?,24-,26?,27+,28+,29-,30+/m1/s1. The summed E-state index contributed by atoms with van der Waals surface area (Å²) in [6.45, 7) is 14.9. The zero-order valence-corrected chi connectivity index (χ0v) is 21.7. The summed E-state index contributed by atoms with van der Waals surface area (Å²) in [5, 5.41) is 10.8. The number of fused-ring (bicyclic) bond motifs is 4. The molecule has 3 saturated carbocycles. The summed E-state index contributed by atoms with van der Waals surface area (Å²) in [6.07, 6.45) is 17.3. The first-order chi connectivity index (χ1) is 14.7. The Hall–Kier alpha value is -0.300. The zero-order valence-electron chi connectivity index (χ0n) is 21.7. The molecule has 0 aromatic heterocycles. The molecule has 4 aliphatic carbocycles. The Bertz CT molecular complexity index is 661. The molecular formula is C30H52O. The van der Waals surface area contributed by atoms with Crippen molar-refractivity contribution in [2.75, 3.05) is 0 Å². The van der Waals surface area contributed by atoms with Gasteiger partial charge in [-0.25, -0.2) is 0 Å². The van der Waals surface area contributed by atoms with Gasteiger partial charge < -0.3 is 5.11 Å². The molecule has 0 aromatic carbocycles. The van der Waals surface area contributed by atoms with Crippen molar-refractivity contribution >= 4 is 0 Å². The van der Waals surface area contributed by atoms with Crippen molar-refractivity contribution < 1.29 is 5.11 Å². The highest BCUT2D eigenvalue weighted by molar-refractivity contribution is 5.35. The van der Waals surface area contributed by atoms with Crippen LogP contribution in [0.1, 0.15) is 125 Å². The second kappa shape index (κ2) is 9.15. The molecule has 4 rings (SSSR count). The van der Waals surface area contributed by atoms with Crippen molar-refractivity contribution in [1.29, 1.82) is 0 Å². The van der Waals surface area contributed by atoms with Gasteiger partial charge in [0.2, 0.25) is 0 Å². The van der Waals surface area contributed by atoms with Crippen LogP contribution in [0.25, 0.3) is 0 Å². The van der Waals surface area contributed by atoms with Crippen LogP contribution in [0.4, 0.5) is 0 Å². The molecule has 1 nitrogen and oxygen atoms in total. The van der Waals surface area contributed by atoms with E-state index >= 15 is 0 Å². The van der Waals surface area contributed by atoms with E-state index in [4.69, 9.17) is 0 Å². The highest BCUT2D eigenvalue weighted by Crippen LogP contribution is 2.66. The molecule has 0 aliphatic heterocycles. The molecule has 0 saturated heterocycles. The Morgan fingerprint density at radius 1 is 0.968 bits per heavy atom. The van der Waals surface area contributed by atoms with Crippen LogP contribution in [0.3, 0.4) is 0 Å².